The smallest absolute Gasteiger partial charge is 0.224 e. The summed E-state index contributed by atoms with van der Waals surface area (Å²) in [5.74, 6) is -0.420. The van der Waals surface area contributed by atoms with E-state index in [1.165, 1.54) is 12.1 Å². The van der Waals surface area contributed by atoms with Crippen molar-refractivity contribution < 1.29 is 9.18 Å². The van der Waals surface area contributed by atoms with Gasteiger partial charge in [0.05, 0.1) is 19.2 Å². The van der Waals surface area contributed by atoms with Gasteiger partial charge in [0.15, 0.2) is 0 Å². The van der Waals surface area contributed by atoms with Crippen LogP contribution in [0.25, 0.3) is 0 Å². The number of benzene rings is 1. The largest absolute Gasteiger partial charge is 0.354 e. The Kier molecular flexibility index (Phi) is 4.89. The molecule has 0 aliphatic carbocycles. The Labute approximate surface area is 125 Å². The van der Waals surface area contributed by atoms with Crippen LogP contribution in [0.5, 0.6) is 0 Å². The third-order valence-electron chi connectivity index (χ3n) is 2.79. The standard InChI is InChI=1S/C14H15BrFN3O/c1-10-8-18-19(9-10)5-4-17-14(20)6-11-2-3-12(16)7-13(11)15/h2-3,7-9H,4-6H2,1H3,(H,17,20). The van der Waals surface area contributed by atoms with Crippen LogP contribution in [-0.4, -0.2) is 22.2 Å². The topological polar surface area (TPSA) is 46.9 Å². The molecule has 2 rings (SSSR count). The molecule has 106 valence electrons. The van der Waals surface area contributed by atoms with E-state index in [9.17, 15) is 9.18 Å². The fourth-order valence-corrected chi connectivity index (χ4v) is 2.29. The van der Waals surface area contributed by atoms with Gasteiger partial charge in [-0.05, 0) is 30.2 Å². The Bertz CT molecular complexity index is 612. The van der Waals surface area contributed by atoms with Gasteiger partial charge in [0.25, 0.3) is 0 Å². The molecule has 4 nitrogen and oxygen atoms in total. The number of hydrogen-bond donors (Lipinski definition) is 1. The third kappa shape index (κ3) is 4.16. The van der Waals surface area contributed by atoms with Crippen LogP contribution in [0.4, 0.5) is 4.39 Å². The highest BCUT2D eigenvalue weighted by Gasteiger charge is 2.07. The number of carbonyl (C=O) groups excluding carboxylic acids is 1. The van der Waals surface area contributed by atoms with Crippen molar-refractivity contribution in [2.45, 2.75) is 19.9 Å². The van der Waals surface area contributed by atoms with Crippen molar-refractivity contribution in [1.29, 1.82) is 0 Å². The van der Waals surface area contributed by atoms with E-state index in [0.717, 1.165) is 11.1 Å². The molecule has 0 bridgehead atoms. The first-order valence-electron chi connectivity index (χ1n) is 6.24. The molecule has 6 heteroatoms. The van der Waals surface area contributed by atoms with Gasteiger partial charge in [-0.25, -0.2) is 4.39 Å². The van der Waals surface area contributed by atoms with Crippen molar-refractivity contribution in [2.75, 3.05) is 6.54 Å². The molecule has 2 aromatic rings. The van der Waals surface area contributed by atoms with E-state index in [0.29, 0.717) is 17.6 Å². The predicted octanol–water partition coefficient (Wildman–Crippen LogP) is 2.45. The number of halogens is 2. The van der Waals surface area contributed by atoms with Crippen LogP contribution in [0.3, 0.4) is 0 Å². The Hall–Kier alpha value is -1.69. The Morgan fingerprint density at radius 3 is 2.95 bits per heavy atom. The summed E-state index contributed by atoms with van der Waals surface area (Å²) in [4.78, 5) is 11.8. The number of aromatic nitrogens is 2. The summed E-state index contributed by atoms with van der Waals surface area (Å²) in [5, 5.41) is 6.95. The molecule has 1 aromatic carbocycles. The molecule has 0 saturated carbocycles. The zero-order valence-corrected chi connectivity index (χ0v) is 12.7. The number of nitrogens with zero attached hydrogens (tertiary/aromatic N) is 2. The second-order valence-electron chi connectivity index (χ2n) is 4.54. The molecule has 1 amide bonds. The fraction of sp³-hybridized carbons (Fsp3) is 0.286. The van der Waals surface area contributed by atoms with E-state index in [-0.39, 0.29) is 18.1 Å². The molecule has 1 aromatic heterocycles. The quantitative estimate of drug-likeness (QED) is 0.909. The van der Waals surface area contributed by atoms with E-state index in [1.54, 1.807) is 16.9 Å². The maximum absolute atomic E-state index is 12.9. The lowest BCUT2D eigenvalue weighted by Crippen LogP contribution is -2.28. The molecular formula is C14H15BrFN3O. The molecule has 20 heavy (non-hydrogen) atoms. The summed E-state index contributed by atoms with van der Waals surface area (Å²) in [5.41, 5.74) is 1.85. The van der Waals surface area contributed by atoms with Gasteiger partial charge in [-0.2, -0.15) is 5.10 Å². The highest BCUT2D eigenvalue weighted by molar-refractivity contribution is 9.10. The number of carbonyl (C=O) groups is 1. The SMILES string of the molecule is Cc1cnn(CCNC(=O)Cc2ccc(F)cc2Br)c1. The molecule has 0 unspecified atom stereocenters. The number of hydrogen-bond acceptors (Lipinski definition) is 2. The minimum atomic E-state index is -0.324. The van der Waals surface area contributed by atoms with Crippen LogP contribution in [0, 0.1) is 12.7 Å². The van der Waals surface area contributed by atoms with Crippen molar-refractivity contribution in [2.24, 2.45) is 0 Å². The second kappa shape index (κ2) is 6.65. The molecule has 1 heterocycles. The number of aryl methyl sites for hydroxylation is 1. The van der Waals surface area contributed by atoms with Crippen LogP contribution in [0.15, 0.2) is 35.1 Å². The summed E-state index contributed by atoms with van der Waals surface area (Å²) >= 11 is 3.25. The fourth-order valence-electron chi connectivity index (χ4n) is 1.80. The monoisotopic (exact) mass is 339 g/mol. The molecule has 1 N–H and O–H groups in total. The third-order valence-corrected chi connectivity index (χ3v) is 3.53. The lowest BCUT2D eigenvalue weighted by molar-refractivity contribution is -0.120. The molecule has 0 spiro atoms. The van der Waals surface area contributed by atoms with Crippen molar-refractivity contribution in [3.8, 4) is 0 Å². The lowest BCUT2D eigenvalue weighted by atomic mass is 10.1. The van der Waals surface area contributed by atoms with E-state index in [1.807, 2.05) is 13.1 Å². The molecule has 0 fully saturated rings. The van der Waals surface area contributed by atoms with Crippen molar-refractivity contribution in [3.05, 3.63) is 52.0 Å². The van der Waals surface area contributed by atoms with Crippen LogP contribution in [0.1, 0.15) is 11.1 Å². The van der Waals surface area contributed by atoms with Gasteiger partial charge in [-0.3, -0.25) is 9.48 Å². The van der Waals surface area contributed by atoms with Crippen molar-refractivity contribution in [3.63, 3.8) is 0 Å². The number of rotatable bonds is 5. The number of amides is 1. The van der Waals surface area contributed by atoms with Crippen LogP contribution >= 0.6 is 15.9 Å². The summed E-state index contributed by atoms with van der Waals surface area (Å²) in [6.45, 7) is 3.11. The molecule has 0 radical (unpaired) electrons. The molecule has 0 aliphatic heterocycles. The van der Waals surface area contributed by atoms with Crippen molar-refractivity contribution >= 4 is 21.8 Å². The molecule has 0 saturated heterocycles. The minimum Gasteiger partial charge on any atom is -0.354 e. The number of nitrogens with one attached hydrogen (secondary N) is 1. The summed E-state index contributed by atoms with van der Waals surface area (Å²) in [6, 6.07) is 4.31. The lowest BCUT2D eigenvalue weighted by Gasteiger charge is -2.07. The molecule has 0 aliphatic rings. The average molecular weight is 340 g/mol. The second-order valence-corrected chi connectivity index (χ2v) is 5.40. The van der Waals surface area contributed by atoms with Gasteiger partial charge < -0.3 is 5.32 Å². The maximum atomic E-state index is 12.9. The summed E-state index contributed by atoms with van der Waals surface area (Å²) in [6.07, 6.45) is 3.92. The van der Waals surface area contributed by atoms with E-state index in [2.05, 4.69) is 26.3 Å². The zero-order valence-electron chi connectivity index (χ0n) is 11.1. The zero-order chi connectivity index (χ0) is 14.5. The first-order valence-corrected chi connectivity index (χ1v) is 7.03. The highest BCUT2D eigenvalue weighted by atomic mass is 79.9. The first-order chi connectivity index (χ1) is 9.54. The first kappa shape index (κ1) is 14.7. The van der Waals surface area contributed by atoms with Gasteiger partial charge in [0, 0.05) is 17.2 Å². The Morgan fingerprint density at radius 2 is 2.30 bits per heavy atom. The van der Waals surface area contributed by atoms with Crippen LogP contribution in [-0.2, 0) is 17.8 Å². The average Bonchev–Trinajstić information content (AvgIpc) is 2.79. The summed E-state index contributed by atoms with van der Waals surface area (Å²) in [7, 11) is 0. The van der Waals surface area contributed by atoms with E-state index in [4.69, 9.17) is 0 Å². The molecule has 0 atom stereocenters. The van der Waals surface area contributed by atoms with Gasteiger partial charge in [-0.1, -0.05) is 22.0 Å². The predicted molar refractivity (Wildman–Crippen MR) is 77.8 cm³/mol. The van der Waals surface area contributed by atoms with Gasteiger partial charge in [0.2, 0.25) is 5.91 Å². The van der Waals surface area contributed by atoms with Crippen LogP contribution < -0.4 is 5.32 Å². The summed E-state index contributed by atoms with van der Waals surface area (Å²) < 4.78 is 15.3. The Morgan fingerprint density at radius 1 is 1.50 bits per heavy atom. The minimum absolute atomic E-state index is 0.0961. The van der Waals surface area contributed by atoms with Crippen molar-refractivity contribution in [1.82, 2.24) is 15.1 Å². The maximum Gasteiger partial charge on any atom is 0.224 e. The molecular weight excluding hydrogens is 325 g/mol. The van der Waals surface area contributed by atoms with Gasteiger partial charge in [-0.15, -0.1) is 0 Å². The highest BCUT2D eigenvalue weighted by Crippen LogP contribution is 2.18. The van der Waals surface area contributed by atoms with E-state index < -0.39 is 0 Å². The van der Waals surface area contributed by atoms with E-state index >= 15 is 0 Å². The van der Waals surface area contributed by atoms with Gasteiger partial charge in [0.1, 0.15) is 5.82 Å². The Balaban J connectivity index is 1.80. The van der Waals surface area contributed by atoms with Crippen LogP contribution in [0.2, 0.25) is 0 Å². The van der Waals surface area contributed by atoms with Gasteiger partial charge >= 0.3 is 0 Å². The normalized spacial score (nSPS) is 10.6.